The molecule has 0 atom stereocenters. The molecule has 0 aliphatic rings. The molecule has 0 radical (unpaired) electrons. The number of amides is 1. The topological polar surface area (TPSA) is 83.6 Å². The van der Waals surface area contributed by atoms with Gasteiger partial charge in [0.15, 0.2) is 0 Å². The van der Waals surface area contributed by atoms with Crippen molar-refractivity contribution < 1.29 is 9.18 Å². The molecule has 6 nitrogen and oxygen atoms in total. The quantitative estimate of drug-likeness (QED) is 0.569. The van der Waals surface area contributed by atoms with E-state index in [1.807, 2.05) is 32.0 Å². The van der Waals surface area contributed by atoms with Crippen molar-refractivity contribution >= 4 is 17.7 Å². The Labute approximate surface area is 155 Å². The summed E-state index contributed by atoms with van der Waals surface area (Å²) < 4.78 is 15.6. The van der Waals surface area contributed by atoms with Gasteiger partial charge in [-0.15, -0.1) is 0 Å². The van der Waals surface area contributed by atoms with Gasteiger partial charge in [-0.3, -0.25) is 4.79 Å². The first-order valence-corrected chi connectivity index (χ1v) is 8.13. The summed E-state index contributed by atoms with van der Waals surface area (Å²) in [6.45, 7) is 3.83. The average Bonchev–Trinajstić information content (AvgIpc) is 3.16. The fraction of sp³-hybridized carbons (Fsp3) is 0.100. The molecule has 2 aromatic carbocycles. The zero-order chi connectivity index (χ0) is 19.4. The molecule has 0 saturated carbocycles. The van der Waals surface area contributed by atoms with Crippen LogP contribution in [0.4, 0.5) is 10.1 Å². The molecular weight excluding hydrogens is 345 g/mol. The summed E-state index contributed by atoms with van der Waals surface area (Å²) in [5, 5.41) is 15.9. The van der Waals surface area contributed by atoms with Gasteiger partial charge >= 0.3 is 0 Å². The van der Waals surface area contributed by atoms with E-state index in [0.717, 1.165) is 11.1 Å². The molecule has 27 heavy (non-hydrogen) atoms. The first-order valence-electron chi connectivity index (χ1n) is 8.13. The average molecular weight is 361 g/mol. The van der Waals surface area contributed by atoms with Crippen molar-refractivity contribution in [1.29, 1.82) is 5.26 Å². The maximum atomic E-state index is 14.3. The number of carbonyl (C=O) groups is 1. The highest BCUT2D eigenvalue weighted by Crippen LogP contribution is 2.19. The number of aryl methyl sites for hydroxylation is 2. The summed E-state index contributed by atoms with van der Waals surface area (Å²) in [5.41, 5.74) is 3.09. The predicted octanol–water partition coefficient (Wildman–Crippen LogP) is 3.57. The molecule has 1 aromatic heterocycles. The Morgan fingerprint density at radius 2 is 2.07 bits per heavy atom. The lowest BCUT2D eigenvalue weighted by Gasteiger charge is -2.09. The van der Waals surface area contributed by atoms with E-state index in [1.165, 1.54) is 35.5 Å². The Balaban J connectivity index is 1.84. The summed E-state index contributed by atoms with van der Waals surface area (Å²) in [5.74, 6) is -1.09. The second-order valence-corrected chi connectivity index (χ2v) is 5.99. The number of anilines is 1. The predicted molar refractivity (Wildman–Crippen MR) is 99.5 cm³/mol. The zero-order valence-corrected chi connectivity index (χ0v) is 14.8. The van der Waals surface area contributed by atoms with Crippen molar-refractivity contribution in [2.45, 2.75) is 13.8 Å². The summed E-state index contributed by atoms with van der Waals surface area (Å²) >= 11 is 0. The zero-order valence-electron chi connectivity index (χ0n) is 14.8. The van der Waals surface area contributed by atoms with Crippen molar-refractivity contribution in [1.82, 2.24) is 14.8 Å². The minimum Gasteiger partial charge on any atom is -0.321 e. The molecule has 1 N–H and O–H groups in total. The fourth-order valence-corrected chi connectivity index (χ4v) is 2.59. The number of carbonyl (C=O) groups excluding carboxylic acids is 1. The Hall–Kier alpha value is -3.79. The Morgan fingerprint density at radius 3 is 2.70 bits per heavy atom. The standard InChI is InChI=1S/C20H16FN5O/c1-13-3-5-18(14(2)7-13)25-20(27)16(10-22)8-15-4-6-19(17(21)9-15)26-12-23-11-24-26/h3-9,11-12H,1-2H3,(H,25,27)/b16-8+. The van der Waals surface area contributed by atoms with Crippen LogP contribution in [0.2, 0.25) is 0 Å². The van der Waals surface area contributed by atoms with Gasteiger partial charge in [-0.25, -0.2) is 14.1 Å². The van der Waals surface area contributed by atoms with E-state index in [9.17, 15) is 14.4 Å². The Morgan fingerprint density at radius 1 is 1.26 bits per heavy atom. The molecule has 0 spiro atoms. The van der Waals surface area contributed by atoms with Gasteiger partial charge in [0.05, 0.1) is 0 Å². The first kappa shape index (κ1) is 18.0. The van der Waals surface area contributed by atoms with E-state index in [1.54, 1.807) is 12.1 Å². The third-order valence-electron chi connectivity index (χ3n) is 3.94. The number of nitrogens with zero attached hydrogens (tertiary/aromatic N) is 4. The van der Waals surface area contributed by atoms with Crippen LogP contribution < -0.4 is 5.32 Å². The van der Waals surface area contributed by atoms with Crippen LogP contribution >= 0.6 is 0 Å². The third-order valence-corrected chi connectivity index (χ3v) is 3.94. The lowest BCUT2D eigenvalue weighted by molar-refractivity contribution is -0.112. The number of nitrogens with one attached hydrogen (secondary N) is 1. The minimum atomic E-state index is -0.551. The monoisotopic (exact) mass is 361 g/mol. The Kier molecular flexibility index (Phi) is 5.08. The van der Waals surface area contributed by atoms with E-state index in [4.69, 9.17) is 0 Å². The summed E-state index contributed by atoms with van der Waals surface area (Å²) in [6.07, 6.45) is 4.03. The van der Waals surface area contributed by atoms with E-state index < -0.39 is 11.7 Å². The van der Waals surface area contributed by atoms with Crippen molar-refractivity contribution in [3.63, 3.8) is 0 Å². The molecule has 7 heteroatoms. The van der Waals surface area contributed by atoms with Crippen molar-refractivity contribution in [2.75, 3.05) is 5.32 Å². The van der Waals surface area contributed by atoms with Crippen LogP contribution in [-0.2, 0) is 4.79 Å². The molecule has 1 amide bonds. The first-order chi connectivity index (χ1) is 13.0. The third kappa shape index (κ3) is 4.07. The largest absolute Gasteiger partial charge is 0.321 e. The van der Waals surface area contributed by atoms with Crippen LogP contribution in [0.15, 0.2) is 54.6 Å². The second kappa shape index (κ2) is 7.62. The molecule has 0 aliphatic carbocycles. The summed E-state index contributed by atoms with van der Waals surface area (Å²) in [6, 6.07) is 11.8. The number of hydrogen-bond acceptors (Lipinski definition) is 4. The van der Waals surface area contributed by atoms with Crippen molar-refractivity contribution in [3.05, 3.63) is 77.1 Å². The number of rotatable bonds is 4. The van der Waals surface area contributed by atoms with Crippen LogP contribution in [0.5, 0.6) is 0 Å². The van der Waals surface area contributed by atoms with Crippen LogP contribution in [0.3, 0.4) is 0 Å². The van der Waals surface area contributed by atoms with Gasteiger partial charge in [-0.05, 0) is 49.2 Å². The molecule has 134 valence electrons. The number of benzene rings is 2. The van der Waals surface area contributed by atoms with Gasteiger partial charge in [-0.1, -0.05) is 23.8 Å². The van der Waals surface area contributed by atoms with E-state index in [-0.39, 0.29) is 11.3 Å². The molecule has 1 heterocycles. The molecule has 0 fully saturated rings. The normalized spacial score (nSPS) is 11.1. The highest BCUT2D eigenvalue weighted by Gasteiger charge is 2.12. The van der Waals surface area contributed by atoms with Gasteiger partial charge in [-0.2, -0.15) is 10.4 Å². The molecule has 0 aliphatic heterocycles. The Bertz CT molecular complexity index is 1060. The second-order valence-electron chi connectivity index (χ2n) is 5.99. The van der Waals surface area contributed by atoms with Gasteiger partial charge in [0.2, 0.25) is 0 Å². The van der Waals surface area contributed by atoms with E-state index in [0.29, 0.717) is 11.3 Å². The molecule has 0 saturated heterocycles. The molecule has 0 unspecified atom stereocenters. The fourth-order valence-electron chi connectivity index (χ4n) is 2.59. The number of hydrogen-bond donors (Lipinski definition) is 1. The maximum absolute atomic E-state index is 14.3. The van der Waals surface area contributed by atoms with Crippen molar-refractivity contribution in [2.24, 2.45) is 0 Å². The van der Waals surface area contributed by atoms with Gasteiger partial charge in [0.1, 0.15) is 35.8 Å². The molecule has 3 aromatic rings. The minimum absolute atomic E-state index is 0.122. The maximum Gasteiger partial charge on any atom is 0.266 e. The molecule has 3 rings (SSSR count). The lowest BCUT2D eigenvalue weighted by atomic mass is 10.1. The van der Waals surface area contributed by atoms with E-state index >= 15 is 0 Å². The van der Waals surface area contributed by atoms with Crippen molar-refractivity contribution in [3.8, 4) is 11.8 Å². The van der Waals surface area contributed by atoms with Crippen LogP contribution in [0.1, 0.15) is 16.7 Å². The SMILES string of the molecule is Cc1ccc(NC(=O)/C(C#N)=C/c2ccc(-n3cncn3)c(F)c2)c(C)c1. The number of halogens is 1. The summed E-state index contributed by atoms with van der Waals surface area (Å²) in [4.78, 5) is 16.2. The highest BCUT2D eigenvalue weighted by molar-refractivity contribution is 6.10. The number of aromatic nitrogens is 3. The van der Waals surface area contributed by atoms with Gasteiger partial charge in [0, 0.05) is 5.69 Å². The van der Waals surface area contributed by atoms with Gasteiger partial charge < -0.3 is 5.32 Å². The lowest BCUT2D eigenvalue weighted by Crippen LogP contribution is -2.14. The summed E-state index contributed by atoms with van der Waals surface area (Å²) in [7, 11) is 0. The van der Waals surface area contributed by atoms with Crippen LogP contribution in [-0.4, -0.2) is 20.7 Å². The van der Waals surface area contributed by atoms with Crippen LogP contribution in [0, 0.1) is 31.0 Å². The van der Waals surface area contributed by atoms with E-state index in [2.05, 4.69) is 15.4 Å². The highest BCUT2D eigenvalue weighted by atomic mass is 19.1. The molecular formula is C20H16FN5O. The van der Waals surface area contributed by atoms with Crippen LogP contribution in [0.25, 0.3) is 11.8 Å². The number of nitriles is 1. The molecule has 0 bridgehead atoms. The smallest absolute Gasteiger partial charge is 0.266 e. The van der Waals surface area contributed by atoms with Gasteiger partial charge in [0.25, 0.3) is 5.91 Å².